The summed E-state index contributed by atoms with van der Waals surface area (Å²) >= 11 is 0. The molecule has 2 heteroatoms. The number of benzene rings is 2. The zero-order valence-electron chi connectivity index (χ0n) is 14.1. The van der Waals surface area contributed by atoms with Crippen LogP contribution in [0.25, 0.3) is 0 Å². The minimum atomic E-state index is 0. The Balaban J connectivity index is 0.00000156. The first-order chi connectivity index (χ1) is 10.7. The van der Waals surface area contributed by atoms with Crippen LogP contribution in [0.2, 0.25) is 0 Å². The second kappa shape index (κ2) is 7.17. The van der Waals surface area contributed by atoms with Crippen molar-refractivity contribution < 1.29 is 32.7 Å². The fourth-order valence-corrected chi connectivity index (χ4v) is 4.70. The molecule has 2 bridgehead atoms. The molecule has 117 valence electrons. The molecule has 2 saturated heterocycles. The maximum Gasteiger partial charge on any atom is 0.0150 e. The zero-order chi connectivity index (χ0) is 15.1. The third-order valence-corrected chi connectivity index (χ3v) is 5.90. The second-order valence-electron chi connectivity index (χ2n) is 7.08. The molecule has 2 heterocycles. The quantitative estimate of drug-likeness (QED) is 0.694. The van der Waals surface area contributed by atoms with Gasteiger partial charge in [-0.05, 0) is 50.6 Å². The molecular formula is C21H24NY-. The van der Waals surface area contributed by atoms with Crippen LogP contribution in [0.15, 0.2) is 48.5 Å². The largest absolute Gasteiger partial charge is 0.300 e. The van der Waals surface area contributed by atoms with E-state index in [4.69, 9.17) is 0 Å². The molecule has 0 spiro atoms. The van der Waals surface area contributed by atoms with Crippen molar-refractivity contribution >= 4 is 0 Å². The SMILES string of the molecule is Cc1ccc(C2CC3CCC(C2c2cc[c-]cc2)N3C)cc1.[Y]. The summed E-state index contributed by atoms with van der Waals surface area (Å²) in [7, 11) is 2.33. The molecule has 0 N–H and O–H groups in total. The zero-order valence-corrected chi connectivity index (χ0v) is 16.9. The van der Waals surface area contributed by atoms with Crippen LogP contribution in [0, 0.1) is 13.0 Å². The summed E-state index contributed by atoms with van der Waals surface area (Å²) < 4.78 is 0. The number of nitrogens with zero attached hydrogens (tertiary/aromatic N) is 1. The van der Waals surface area contributed by atoms with E-state index in [1.807, 2.05) is 0 Å². The summed E-state index contributed by atoms with van der Waals surface area (Å²) in [6.45, 7) is 2.17. The van der Waals surface area contributed by atoms with Crippen molar-refractivity contribution in [1.29, 1.82) is 0 Å². The first-order valence-corrected chi connectivity index (χ1v) is 8.48. The average Bonchev–Trinajstić information content (AvgIpc) is 2.79. The van der Waals surface area contributed by atoms with Gasteiger partial charge in [0.1, 0.15) is 0 Å². The number of hydrogen-bond acceptors (Lipinski definition) is 1. The molecule has 1 nitrogen and oxygen atoms in total. The molecule has 1 radical (unpaired) electrons. The minimum Gasteiger partial charge on any atom is -0.300 e. The van der Waals surface area contributed by atoms with Gasteiger partial charge in [0.15, 0.2) is 0 Å². The van der Waals surface area contributed by atoms with Crippen LogP contribution < -0.4 is 0 Å². The molecule has 0 aliphatic carbocycles. The van der Waals surface area contributed by atoms with E-state index in [9.17, 15) is 0 Å². The molecule has 2 aromatic rings. The van der Waals surface area contributed by atoms with Crippen LogP contribution in [0.4, 0.5) is 0 Å². The van der Waals surface area contributed by atoms with Crippen LogP contribution in [-0.4, -0.2) is 24.0 Å². The van der Waals surface area contributed by atoms with Gasteiger partial charge >= 0.3 is 0 Å². The third kappa shape index (κ3) is 3.21. The summed E-state index contributed by atoms with van der Waals surface area (Å²) in [6, 6.07) is 22.6. The molecular weight excluding hydrogens is 355 g/mol. The van der Waals surface area contributed by atoms with Gasteiger partial charge < -0.3 is 0 Å². The van der Waals surface area contributed by atoms with Crippen LogP contribution in [0.5, 0.6) is 0 Å². The van der Waals surface area contributed by atoms with E-state index in [1.54, 1.807) is 0 Å². The molecule has 4 rings (SSSR count). The number of piperidine rings is 1. The fourth-order valence-electron chi connectivity index (χ4n) is 4.70. The Labute approximate surface area is 165 Å². The first-order valence-electron chi connectivity index (χ1n) is 8.48. The van der Waals surface area contributed by atoms with Gasteiger partial charge in [0.05, 0.1) is 0 Å². The van der Waals surface area contributed by atoms with E-state index in [1.165, 1.54) is 36.0 Å². The Morgan fingerprint density at radius 1 is 0.957 bits per heavy atom. The molecule has 0 amide bonds. The standard InChI is InChI=1S/C21H24N.Y/c1-15-8-10-16(11-9-15)19-14-18-12-13-20(22(18)2)21(19)17-6-4-3-5-7-17;/h4-11,18-21H,12-14H2,1-2H3;/q-1;. The molecule has 4 unspecified atom stereocenters. The van der Waals surface area contributed by atoms with E-state index >= 15 is 0 Å². The molecule has 2 aliphatic rings. The van der Waals surface area contributed by atoms with Crippen molar-refractivity contribution in [3.8, 4) is 0 Å². The van der Waals surface area contributed by atoms with Crippen molar-refractivity contribution in [3.63, 3.8) is 0 Å². The van der Waals surface area contributed by atoms with Crippen LogP contribution in [0.3, 0.4) is 0 Å². The van der Waals surface area contributed by atoms with E-state index in [-0.39, 0.29) is 32.7 Å². The summed E-state index contributed by atoms with van der Waals surface area (Å²) in [5.74, 6) is 1.26. The summed E-state index contributed by atoms with van der Waals surface area (Å²) in [4.78, 5) is 2.64. The topological polar surface area (TPSA) is 3.24 Å². The predicted molar refractivity (Wildman–Crippen MR) is 91.1 cm³/mol. The molecule has 2 aromatic carbocycles. The fraction of sp³-hybridized carbons (Fsp3) is 0.429. The van der Waals surface area contributed by atoms with Crippen LogP contribution in [-0.2, 0) is 32.7 Å². The number of aryl methyl sites for hydroxylation is 1. The number of rotatable bonds is 2. The third-order valence-electron chi connectivity index (χ3n) is 5.90. The number of hydrogen-bond donors (Lipinski definition) is 0. The van der Waals surface area contributed by atoms with Gasteiger partial charge in [0, 0.05) is 44.8 Å². The van der Waals surface area contributed by atoms with Gasteiger partial charge in [0.2, 0.25) is 0 Å². The van der Waals surface area contributed by atoms with Crippen molar-refractivity contribution in [2.24, 2.45) is 0 Å². The van der Waals surface area contributed by atoms with Gasteiger partial charge in [-0.15, -0.1) is 0 Å². The van der Waals surface area contributed by atoms with Crippen molar-refractivity contribution in [3.05, 3.63) is 71.3 Å². The molecule has 2 aliphatic heterocycles. The molecule has 4 atom stereocenters. The Bertz CT molecular complexity index is 637. The Morgan fingerprint density at radius 3 is 2.35 bits per heavy atom. The van der Waals surface area contributed by atoms with Crippen molar-refractivity contribution in [1.82, 2.24) is 4.90 Å². The van der Waals surface area contributed by atoms with E-state index < -0.39 is 0 Å². The maximum atomic E-state index is 3.17. The number of likely N-dealkylation sites (N-methyl/N-ethyl adjacent to an activating group) is 1. The Morgan fingerprint density at radius 2 is 1.65 bits per heavy atom. The minimum absolute atomic E-state index is 0. The smallest absolute Gasteiger partial charge is 0.0150 e. The monoisotopic (exact) mass is 379 g/mol. The van der Waals surface area contributed by atoms with Gasteiger partial charge in [0.25, 0.3) is 0 Å². The van der Waals surface area contributed by atoms with Crippen LogP contribution >= 0.6 is 0 Å². The van der Waals surface area contributed by atoms with E-state index in [0.717, 1.165) is 6.04 Å². The molecule has 2 fully saturated rings. The molecule has 23 heavy (non-hydrogen) atoms. The maximum absolute atomic E-state index is 3.17. The van der Waals surface area contributed by atoms with Gasteiger partial charge in [-0.3, -0.25) is 4.90 Å². The van der Waals surface area contributed by atoms with Gasteiger partial charge in [-0.1, -0.05) is 29.8 Å². The van der Waals surface area contributed by atoms with Gasteiger partial charge in [-0.2, -0.15) is 35.9 Å². The average molecular weight is 379 g/mol. The van der Waals surface area contributed by atoms with Crippen LogP contribution in [0.1, 0.15) is 47.8 Å². The van der Waals surface area contributed by atoms with Crippen molar-refractivity contribution in [2.75, 3.05) is 7.05 Å². The number of fused-ring (bicyclic) bond motifs is 2. The Kier molecular flexibility index (Phi) is 5.40. The van der Waals surface area contributed by atoms with Gasteiger partial charge in [-0.25, -0.2) is 0 Å². The summed E-state index contributed by atoms with van der Waals surface area (Å²) in [6.07, 6.45) is 3.99. The first kappa shape index (κ1) is 17.3. The van der Waals surface area contributed by atoms with E-state index in [2.05, 4.69) is 73.5 Å². The van der Waals surface area contributed by atoms with Crippen molar-refractivity contribution in [2.45, 2.75) is 50.1 Å². The second-order valence-corrected chi connectivity index (χ2v) is 7.08. The molecule has 0 saturated carbocycles. The molecule has 0 aromatic heterocycles. The Hall–Kier alpha value is -0.496. The summed E-state index contributed by atoms with van der Waals surface area (Å²) in [5, 5.41) is 0. The predicted octanol–water partition coefficient (Wildman–Crippen LogP) is 4.53. The van der Waals surface area contributed by atoms with E-state index in [0.29, 0.717) is 17.9 Å². The summed E-state index contributed by atoms with van der Waals surface area (Å²) in [5.41, 5.74) is 4.36. The normalized spacial score (nSPS) is 30.0.